The minimum absolute atomic E-state index is 0.0262. The summed E-state index contributed by atoms with van der Waals surface area (Å²) < 4.78 is 53.7. The molecule has 5 rings (SSSR count). The van der Waals surface area contributed by atoms with E-state index in [0.29, 0.717) is 61.7 Å². The van der Waals surface area contributed by atoms with Crippen molar-refractivity contribution >= 4 is 39.1 Å². The Morgan fingerprint density at radius 2 is 1.67 bits per heavy atom. The third-order valence-electron chi connectivity index (χ3n) is 6.47. The molecule has 2 aliphatic heterocycles. The fourth-order valence-electron chi connectivity index (χ4n) is 4.40. The maximum absolute atomic E-state index is 13.3. The average Bonchev–Trinajstić information content (AvgIpc) is 3.33. The van der Waals surface area contributed by atoms with Gasteiger partial charge in [0.1, 0.15) is 5.82 Å². The lowest BCUT2D eigenvalue weighted by molar-refractivity contribution is -0.113. The van der Waals surface area contributed by atoms with E-state index in [1.165, 1.54) is 34.3 Å². The van der Waals surface area contributed by atoms with Gasteiger partial charge in [0.2, 0.25) is 15.9 Å². The van der Waals surface area contributed by atoms with Crippen LogP contribution in [0.3, 0.4) is 0 Å². The highest BCUT2D eigenvalue weighted by molar-refractivity contribution is 7.99. The van der Waals surface area contributed by atoms with Crippen molar-refractivity contribution in [1.29, 1.82) is 0 Å². The predicted molar refractivity (Wildman–Crippen MR) is 145 cm³/mol. The third kappa shape index (κ3) is 6.25. The zero-order valence-corrected chi connectivity index (χ0v) is 23.0. The molecular weight excluding hydrogens is 547 g/mol. The number of benzene rings is 2. The zero-order chi connectivity index (χ0) is 27.4. The first-order chi connectivity index (χ1) is 18.8. The van der Waals surface area contributed by atoms with Crippen LogP contribution in [0.1, 0.15) is 0 Å². The minimum atomic E-state index is -3.75. The maximum Gasteiger partial charge on any atom is 0.243 e. The highest BCUT2D eigenvalue weighted by Gasteiger charge is 2.28. The number of hydrogen-bond acceptors (Lipinski definition) is 9. The van der Waals surface area contributed by atoms with E-state index in [1.807, 2.05) is 0 Å². The second-order valence-electron chi connectivity index (χ2n) is 9.00. The first-order valence-corrected chi connectivity index (χ1v) is 14.9. The molecule has 208 valence electrons. The smallest absolute Gasteiger partial charge is 0.243 e. The van der Waals surface area contributed by atoms with Crippen LogP contribution in [-0.2, 0) is 31.3 Å². The number of morpholine rings is 2. The number of rotatable bonds is 8. The quantitative estimate of drug-likeness (QED) is 0.403. The Labute approximate surface area is 230 Å². The number of aromatic nitrogens is 3. The highest BCUT2D eigenvalue weighted by Crippen LogP contribution is 2.32. The zero-order valence-electron chi connectivity index (χ0n) is 21.4. The van der Waals surface area contributed by atoms with Crippen LogP contribution in [0.25, 0.3) is 11.4 Å². The third-order valence-corrected chi connectivity index (χ3v) is 9.39. The van der Waals surface area contributed by atoms with E-state index >= 15 is 0 Å². The van der Waals surface area contributed by atoms with Crippen molar-refractivity contribution in [2.45, 2.75) is 10.1 Å². The Morgan fingerprint density at radius 3 is 2.36 bits per heavy atom. The van der Waals surface area contributed by atoms with E-state index in [-0.39, 0.29) is 35.5 Å². The molecule has 2 aliphatic rings. The lowest BCUT2D eigenvalue weighted by Gasteiger charge is -2.31. The summed E-state index contributed by atoms with van der Waals surface area (Å²) in [5.41, 5.74) is 1.85. The first kappa shape index (κ1) is 27.5. The molecule has 2 saturated heterocycles. The Hall–Kier alpha value is -3.04. The molecule has 2 fully saturated rings. The molecule has 0 unspecified atom stereocenters. The Bertz CT molecular complexity index is 1420. The molecule has 0 spiro atoms. The average molecular weight is 577 g/mol. The SMILES string of the molecule is Cn1c(SCC(=O)Nc2cc(S(=O)(=O)N3CCOCC3)ccc2N2CCOCC2)nnc1-c1ccc(F)cc1. The largest absolute Gasteiger partial charge is 0.379 e. The lowest BCUT2D eigenvalue weighted by atomic mass is 10.2. The van der Waals surface area contributed by atoms with Crippen LogP contribution in [0, 0.1) is 5.82 Å². The second-order valence-corrected chi connectivity index (χ2v) is 11.9. The van der Waals surface area contributed by atoms with Gasteiger partial charge in [0.15, 0.2) is 11.0 Å². The summed E-state index contributed by atoms with van der Waals surface area (Å²) in [7, 11) is -1.97. The van der Waals surface area contributed by atoms with Gasteiger partial charge in [0.05, 0.1) is 48.5 Å². The van der Waals surface area contributed by atoms with E-state index in [0.717, 1.165) is 5.69 Å². The van der Waals surface area contributed by atoms with Crippen molar-refractivity contribution in [2.24, 2.45) is 7.05 Å². The standard InChI is InChI=1S/C25H29FN6O5S2/c1-30-24(18-2-4-19(26)5-3-18)28-29-25(30)38-17-23(33)27-21-16-20(39(34,35)32-10-14-37-15-11-32)6-7-22(21)31-8-12-36-13-9-31/h2-7,16H,8-15,17H2,1H3,(H,27,33). The van der Waals surface area contributed by atoms with Crippen LogP contribution in [0.4, 0.5) is 15.8 Å². The summed E-state index contributed by atoms with van der Waals surface area (Å²) in [6, 6.07) is 10.8. The molecule has 0 atom stereocenters. The molecule has 39 heavy (non-hydrogen) atoms. The van der Waals surface area contributed by atoms with E-state index < -0.39 is 10.0 Å². The molecular formula is C25H29FN6O5S2. The van der Waals surface area contributed by atoms with Gasteiger partial charge in [-0.15, -0.1) is 10.2 Å². The summed E-state index contributed by atoms with van der Waals surface area (Å²) in [6.45, 7) is 3.58. The van der Waals surface area contributed by atoms with Crippen LogP contribution in [0.2, 0.25) is 0 Å². The molecule has 1 aromatic heterocycles. The topological polar surface area (TPSA) is 119 Å². The predicted octanol–water partition coefficient (Wildman–Crippen LogP) is 2.21. The van der Waals surface area contributed by atoms with Gasteiger partial charge in [0, 0.05) is 38.8 Å². The molecule has 3 heterocycles. The first-order valence-electron chi connectivity index (χ1n) is 12.5. The van der Waals surface area contributed by atoms with E-state index in [4.69, 9.17) is 9.47 Å². The number of carbonyl (C=O) groups excluding carboxylic acids is 1. The molecule has 11 nitrogen and oxygen atoms in total. The Kier molecular flexibility index (Phi) is 8.47. The fraction of sp³-hybridized carbons (Fsp3) is 0.400. The highest BCUT2D eigenvalue weighted by atomic mass is 32.2. The summed E-state index contributed by atoms with van der Waals surface area (Å²) >= 11 is 1.20. The number of amides is 1. The van der Waals surface area contributed by atoms with Crippen LogP contribution in [-0.4, -0.2) is 91.8 Å². The van der Waals surface area contributed by atoms with E-state index in [2.05, 4.69) is 20.4 Å². The number of nitrogens with one attached hydrogen (secondary N) is 1. The van der Waals surface area contributed by atoms with Crippen LogP contribution < -0.4 is 10.2 Å². The van der Waals surface area contributed by atoms with Crippen molar-refractivity contribution in [3.63, 3.8) is 0 Å². The van der Waals surface area contributed by atoms with Crippen molar-refractivity contribution in [3.05, 3.63) is 48.3 Å². The number of nitrogens with zero attached hydrogens (tertiary/aromatic N) is 5. The molecule has 14 heteroatoms. The Morgan fingerprint density at radius 1 is 1.00 bits per heavy atom. The van der Waals surface area contributed by atoms with Gasteiger partial charge < -0.3 is 24.3 Å². The monoisotopic (exact) mass is 576 g/mol. The summed E-state index contributed by atoms with van der Waals surface area (Å²) in [5, 5.41) is 11.8. The van der Waals surface area contributed by atoms with Gasteiger partial charge in [-0.25, -0.2) is 12.8 Å². The van der Waals surface area contributed by atoms with Crippen molar-refractivity contribution in [3.8, 4) is 11.4 Å². The molecule has 0 bridgehead atoms. The van der Waals surface area contributed by atoms with Gasteiger partial charge in [-0.3, -0.25) is 4.79 Å². The van der Waals surface area contributed by atoms with Crippen molar-refractivity contribution < 1.29 is 27.1 Å². The molecule has 0 aliphatic carbocycles. The normalized spacial score (nSPS) is 16.8. The van der Waals surface area contributed by atoms with Gasteiger partial charge >= 0.3 is 0 Å². The van der Waals surface area contributed by atoms with E-state index in [9.17, 15) is 17.6 Å². The molecule has 3 aromatic rings. The number of ether oxygens (including phenoxy) is 2. The van der Waals surface area contributed by atoms with E-state index in [1.54, 1.807) is 35.9 Å². The molecule has 2 aromatic carbocycles. The number of hydrogen-bond donors (Lipinski definition) is 1. The number of halogens is 1. The van der Waals surface area contributed by atoms with Gasteiger partial charge in [-0.1, -0.05) is 11.8 Å². The molecule has 1 N–H and O–H groups in total. The van der Waals surface area contributed by atoms with Gasteiger partial charge in [0.25, 0.3) is 0 Å². The minimum Gasteiger partial charge on any atom is -0.379 e. The van der Waals surface area contributed by atoms with Crippen LogP contribution >= 0.6 is 11.8 Å². The van der Waals surface area contributed by atoms with Gasteiger partial charge in [-0.2, -0.15) is 4.31 Å². The number of sulfonamides is 1. The molecule has 1 amide bonds. The maximum atomic E-state index is 13.3. The molecule has 0 radical (unpaired) electrons. The van der Waals surface area contributed by atoms with Crippen LogP contribution in [0.15, 0.2) is 52.5 Å². The van der Waals surface area contributed by atoms with Crippen molar-refractivity contribution in [1.82, 2.24) is 19.1 Å². The summed E-state index contributed by atoms with van der Waals surface area (Å²) in [6.07, 6.45) is 0. The van der Waals surface area contributed by atoms with Crippen molar-refractivity contribution in [2.75, 3.05) is 68.6 Å². The number of carbonyl (C=O) groups is 1. The summed E-state index contributed by atoms with van der Waals surface area (Å²) in [5.74, 6) is -0.0842. The number of anilines is 2. The lowest BCUT2D eigenvalue weighted by Crippen LogP contribution is -2.40. The number of thioether (sulfide) groups is 1. The summed E-state index contributed by atoms with van der Waals surface area (Å²) in [4.78, 5) is 15.2. The van der Waals surface area contributed by atoms with Crippen LogP contribution in [0.5, 0.6) is 0 Å². The van der Waals surface area contributed by atoms with Gasteiger partial charge in [-0.05, 0) is 42.5 Å². The second kappa shape index (κ2) is 12.0. The molecule has 0 saturated carbocycles. The fourth-order valence-corrected chi connectivity index (χ4v) is 6.54. The Balaban J connectivity index is 1.33.